The van der Waals surface area contributed by atoms with Crippen LogP contribution in [-0.2, 0) is 24.7 Å². The van der Waals surface area contributed by atoms with E-state index in [1.54, 1.807) is 28.4 Å². The maximum atomic E-state index is 5.68. The van der Waals surface area contributed by atoms with E-state index in [1.807, 2.05) is 0 Å². The average molecular weight is 343 g/mol. The van der Waals surface area contributed by atoms with Gasteiger partial charge in [0.15, 0.2) is 0 Å². The monoisotopic (exact) mass is 342 g/mol. The standard InChI is InChI=1S/C16H30O4Si2/c1-13(22(6,19-4)20-5)15-9-7-8-14(12-15)10-11-21-16(17-2)18-3/h7-9,12-13,16H,10-11,21H2,1-6H3. The normalized spacial score (nSPS) is 14.1. The van der Waals surface area contributed by atoms with Crippen LogP contribution < -0.4 is 0 Å². The molecule has 1 aromatic carbocycles. The van der Waals surface area contributed by atoms with Crippen LogP contribution in [0.5, 0.6) is 0 Å². The molecule has 0 heterocycles. The van der Waals surface area contributed by atoms with Crippen LogP contribution in [-0.4, -0.2) is 52.4 Å². The second kappa shape index (κ2) is 9.59. The molecule has 0 aliphatic rings. The van der Waals surface area contributed by atoms with Crippen molar-refractivity contribution in [1.29, 1.82) is 0 Å². The molecule has 1 atom stereocenters. The average Bonchev–Trinajstić information content (AvgIpc) is 2.57. The van der Waals surface area contributed by atoms with E-state index >= 15 is 0 Å². The van der Waals surface area contributed by atoms with Crippen molar-refractivity contribution in [2.24, 2.45) is 0 Å². The van der Waals surface area contributed by atoms with Crippen LogP contribution in [0.25, 0.3) is 0 Å². The molecule has 1 aromatic rings. The molecule has 22 heavy (non-hydrogen) atoms. The molecule has 0 aromatic heterocycles. The van der Waals surface area contributed by atoms with Crippen molar-refractivity contribution in [3.05, 3.63) is 35.4 Å². The molecule has 0 N–H and O–H groups in total. The molecule has 1 rings (SSSR count). The van der Waals surface area contributed by atoms with E-state index in [-0.39, 0.29) is 15.4 Å². The van der Waals surface area contributed by atoms with Crippen LogP contribution in [0.2, 0.25) is 12.6 Å². The van der Waals surface area contributed by atoms with Gasteiger partial charge in [0.1, 0.15) is 5.91 Å². The predicted octanol–water partition coefficient (Wildman–Crippen LogP) is 2.40. The minimum atomic E-state index is -2.16. The van der Waals surface area contributed by atoms with E-state index in [2.05, 4.69) is 37.7 Å². The Kier molecular flexibility index (Phi) is 8.52. The van der Waals surface area contributed by atoms with E-state index in [4.69, 9.17) is 18.3 Å². The molecule has 0 aliphatic carbocycles. The zero-order chi connectivity index (χ0) is 16.6. The highest BCUT2D eigenvalue weighted by molar-refractivity contribution is 6.67. The van der Waals surface area contributed by atoms with Gasteiger partial charge in [0.2, 0.25) is 0 Å². The molecule has 0 fully saturated rings. The molecule has 0 radical (unpaired) electrons. The van der Waals surface area contributed by atoms with Gasteiger partial charge in [0.25, 0.3) is 0 Å². The Hall–Kier alpha value is -0.506. The van der Waals surface area contributed by atoms with Crippen molar-refractivity contribution in [3.63, 3.8) is 0 Å². The molecule has 4 nitrogen and oxygen atoms in total. The minimum absolute atomic E-state index is 0.0276. The lowest BCUT2D eigenvalue weighted by Gasteiger charge is -2.29. The Morgan fingerprint density at radius 2 is 1.73 bits per heavy atom. The molecule has 126 valence electrons. The zero-order valence-electron chi connectivity index (χ0n) is 14.7. The summed E-state index contributed by atoms with van der Waals surface area (Å²) in [5.41, 5.74) is 2.96. The second-order valence-corrected chi connectivity index (χ2v) is 11.3. The number of aryl methyl sites for hydroxylation is 1. The molecule has 0 aliphatic heterocycles. The Labute approximate surface area is 138 Å². The van der Waals surface area contributed by atoms with Gasteiger partial charge in [-0.1, -0.05) is 37.2 Å². The summed E-state index contributed by atoms with van der Waals surface area (Å²) < 4.78 is 21.9. The van der Waals surface area contributed by atoms with Crippen molar-refractivity contribution in [2.75, 3.05) is 28.4 Å². The number of hydrogen-bond acceptors (Lipinski definition) is 4. The maximum Gasteiger partial charge on any atom is 0.341 e. The van der Waals surface area contributed by atoms with Crippen LogP contribution in [0.15, 0.2) is 24.3 Å². The van der Waals surface area contributed by atoms with Crippen LogP contribution in [0.3, 0.4) is 0 Å². The highest BCUT2D eigenvalue weighted by atomic mass is 28.4. The van der Waals surface area contributed by atoms with Crippen LogP contribution >= 0.6 is 0 Å². The lowest BCUT2D eigenvalue weighted by atomic mass is 10.1. The van der Waals surface area contributed by atoms with Gasteiger partial charge in [-0.05, 0) is 24.1 Å². The van der Waals surface area contributed by atoms with Crippen molar-refractivity contribution in [2.45, 2.75) is 37.4 Å². The third-order valence-corrected chi connectivity index (χ3v) is 9.91. The number of hydrogen-bond donors (Lipinski definition) is 0. The van der Waals surface area contributed by atoms with E-state index in [0.717, 1.165) is 6.42 Å². The number of rotatable bonds is 10. The van der Waals surface area contributed by atoms with Crippen LogP contribution in [0.1, 0.15) is 23.6 Å². The van der Waals surface area contributed by atoms with Gasteiger partial charge in [-0.2, -0.15) is 0 Å². The molecule has 0 saturated carbocycles. The summed E-state index contributed by atoms with van der Waals surface area (Å²) in [5.74, 6) is 0.0276. The smallest absolute Gasteiger partial charge is 0.341 e. The summed E-state index contributed by atoms with van der Waals surface area (Å²) in [7, 11) is 4.39. The van der Waals surface area contributed by atoms with Gasteiger partial charge in [-0.3, -0.25) is 0 Å². The molecular formula is C16H30O4Si2. The minimum Gasteiger partial charge on any atom is -0.397 e. The van der Waals surface area contributed by atoms with Gasteiger partial charge in [0, 0.05) is 34.0 Å². The summed E-state index contributed by atoms with van der Waals surface area (Å²) in [6, 6.07) is 9.96. The van der Waals surface area contributed by atoms with Gasteiger partial charge >= 0.3 is 8.56 Å². The first-order chi connectivity index (χ1) is 10.5. The van der Waals surface area contributed by atoms with Gasteiger partial charge in [-0.15, -0.1) is 0 Å². The Morgan fingerprint density at radius 1 is 1.09 bits per heavy atom. The third-order valence-electron chi connectivity index (χ3n) is 4.48. The molecule has 0 spiro atoms. The molecule has 0 amide bonds. The first-order valence-electron chi connectivity index (χ1n) is 7.75. The maximum absolute atomic E-state index is 5.68. The van der Waals surface area contributed by atoms with Gasteiger partial charge in [0.05, 0.1) is 9.52 Å². The van der Waals surface area contributed by atoms with Crippen molar-refractivity contribution >= 4 is 18.1 Å². The summed E-state index contributed by atoms with van der Waals surface area (Å²) >= 11 is 0. The first kappa shape index (κ1) is 19.5. The molecule has 0 saturated heterocycles. The topological polar surface area (TPSA) is 36.9 Å². The summed E-state index contributed by atoms with van der Waals surface area (Å²) in [6.07, 6.45) is 1.08. The van der Waals surface area contributed by atoms with Crippen LogP contribution in [0.4, 0.5) is 0 Å². The quantitative estimate of drug-likeness (QED) is 0.483. The highest BCUT2D eigenvalue weighted by Gasteiger charge is 2.37. The number of methoxy groups -OCH3 is 2. The first-order valence-corrected chi connectivity index (χ1v) is 12.0. The fraction of sp³-hybridized carbons (Fsp3) is 0.625. The Bertz CT molecular complexity index is 434. The largest absolute Gasteiger partial charge is 0.397 e. The van der Waals surface area contributed by atoms with Crippen molar-refractivity contribution in [3.8, 4) is 0 Å². The molecule has 1 unspecified atom stereocenters. The number of ether oxygens (including phenoxy) is 2. The SMILES string of the molecule is COC(OC)[SiH2]CCc1cccc(C(C)[Si](C)(OC)OC)c1. The Balaban J connectivity index is 2.70. The molecule has 6 heteroatoms. The Morgan fingerprint density at radius 3 is 2.27 bits per heavy atom. The van der Waals surface area contributed by atoms with Gasteiger partial charge in [-0.25, -0.2) is 0 Å². The third kappa shape index (κ3) is 5.29. The molecular weight excluding hydrogens is 312 g/mol. The van der Waals surface area contributed by atoms with E-state index < -0.39 is 8.56 Å². The van der Waals surface area contributed by atoms with E-state index in [9.17, 15) is 0 Å². The predicted molar refractivity (Wildman–Crippen MR) is 95.4 cm³/mol. The number of benzene rings is 1. The van der Waals surface area contributed by atoms with Crippen molar-refractivity contribution < 1.29 is 18.3 Å². The second-order valence-electron chi connectivity index (χ2n) is 5.68. The van der Waals surface area contributed by atoms with Gasteiger partial charge < -0.3 is 18.3 Å². The van der Waals surface area contributed by atoms with E-state index in [0.29, 0.717) is 5.54 Å². The molecule has 0 bridgehead atoms. The van der Waals surface area contributed by atoms with E-state index in [1.165, 1.54) is 17.2 Å². The lowest BCUT2D eigenvalue weighted by Crippen LogP contribution is -2.42. The summed E-state index contributed by atoms with van der Waals surface area (Å²) in [6.45, 7) is 4.30. The summed E-state index contributed by atoms with van der Waals surface area (Å²) in [5, 5.41) is 0. The van der Waals surface area contributed by atoms with Crippen molar-refractivity contribution in [1.82, 2.24) is 0 Å². The highest BCUT2D eigenvalue weighted by Crippen LogP contribution is 2.28. The van der Waals surface area contributed by atoms with Crippen LogP contribution in [0, 0.1) is 0 Å². The fourth-order valence-corrected chi connectivity index (χ4v) is 5.64. The zero-order valence-corrected chi connectivity index (χ0v) is 17.1. The lowest BCUT2D eigenvalue weighted by molar-refractivity contribution is -0.0440. The fourth-order valence-electron chi connectivity index (χ4n) is 2.56. The summed E-state index contributed by atoms with van der Waals surface area (Å²) in [4.78, 5) is 0.